The maximum absolute atomic E-state index is 12.5. The molecule has 1 heterocycles. The largest absolute Gasteiger partial charge is 0.466 e. The number of hydrogen-bond donors (Lipinski definition) is 1. The molecule has 2 amide bonds. The van der Waals surface area contributed by atoms with E-state index in [1.807, 2.05) is 0 Å². The minimum Gasteiger partial charge on any atom is -0.466 e. The second-order valence-electron chi connectivity index (χ2n) is 7.26. The summed E-state index contributed by atoms with van der Waals surface area (Å²) in [6, 6.07) is 5.82. The van der Waals surface area contributed by atoms with Gasteiger partial charge in [-0.2, -0.15) is 0 Å². The van der Waals surface area contributed by atoms with Crippen LogP contribution in [0.1, 0.15) is 26.2 Å². The van der Waals surface area contributed by atoms with Gasteiger partial charge in [-0.05, 0) is 38.0 Å². The van der Waals surface area contributed by atoms with Gasteiger partial charge in [0.15, 0.2) is 0 Å². The first-order chi connectivity index (χ1) is 14.6. The Hall–Kier alpha value is -2.17. The fourth-order valence-electron chi connectivity index (χ4n) is 3.22. The molecule has 0 bridgehead atoms. The number of carbonyl (C=O) groups excluding carboxylic acids is 3. The Bertz CT molecular complexity index is 900. The summed E-state index contributed by atoms with van der Waals surface area (Å²) in [5, 5.41) is 0.295. The van der Waals surface area contributed by atoms with Crippen LogP contribution in [-0.2, 0) is 29.1 Å². The van der Waals surface area contributed by atoms with Crippen molar-refractivity contribution in [3.8, 4) is 0 Å². The van der Waals surface area contributed by atoms with Gasteiger partial charge < -0.3 is 14.5 Å². The quantitative estimate of drug-likeness (QED) is 0.540. The molecule has 0 radical (unpaired) electrons. The van der Waals surface area contributed by atoms with E-state index in [-0.39, 0.29) is 48.1 Å². The maximum Gasteiger partial charge on any atom is 0.309 e. The third kappa shape index (κ3) is 7.48. The Balaban J connectivity index is 1.76. The van der Waals surface area contributed by atoms with Gasteiger partial charge in [-0.1, -0.05) is 17.7 Å². The van der Waals surface area contributed by atoms with Crippen LogP contribution in [0, 0.1) is 5.92 Å². The summed E-state index contributed by atoms with van der Waals surface area (Å²) in [5.41, 5.74) is 0. The summed E-state index contributed by atoms with van der Waals surface area (Å²) in [4.78, 5) is 39.4. The Morgan fingerprint density at radius 1 is 1.26 bits per heavy atom. The van der Waals surface area contributed by atoms with E-state index in [0.717, 1.165) is 0 Å². The topological polar surface area (TPSA) is 113 Å². The molecule has 9 nitrogen and oxygen atoms in total. The molecule has 0 atom stereocenters. The van der Waals surface area contributed by atoms with Crippen molar-refractivity contribution in [2.75, 3.05) is 39.8 Å². The number of likely N-dealkylation sites (N-methyl/N-ethyl adjacent to an activating group) is 1. The number of nitrogens with one attached hydrogen (secondary N) is 1. The van der Waals surface area contributed by atoms with Crippen molar-refractivity contribution in [2.45, 2.75) is 31.1 Å². The first kappa shape index (κ1) is 25.1. The van der Waals surface area contributed by atoms with E-state index in [9.17, 15) is 22.8 Å². The molecule has 1 aliphatic rings. The Morgan fingerprint density at radius 2 is 1.94 bits per heavy atom. The lowest BCUT2D eigenvalue weighted by molar-refractivity contribution is -0.151. The zero-order chi connectivity index (χ0) is 23.0. The standard InChI is InChI=1S/C20H28ClN3O6S/c1-3-30-20(27)15-8-11-24(12-9-15)19(26)14-23(2)18(25)7-10-22-31(28,29)17-6-4-5-16(21)13-17/h4-6,13,15,22H,3,7-12,14H2,1-2H3. The molecule has 1 fully saturated rings. The van der Waals surface area contributed by atoms with Gasteiger partial charge >= 0.3 is 5.97 Å². The molecule has 0 spiro atoms. The zero-order valence-electron chi connectivity index (χ0n) is 17.7. The lowest BCUT2D eigenvalue weighted by atomic mass is 9.97. The number of benzene rings is 1. The highest BCUT2D eigenvalue weighted by atomic mass is 35.5. The summed E-state index contributed by atoms with van der Waals surface area (Å²) < 4.78 is 31.9. The van der Waals surface area contributed by atoms with Crippen molar-refractivity contribution in [2.24, 2.45) is 5.92 Å². The number of nitrogens with zero attached hydrogens (tertiary/aromatic N) is 2. The van der Waals surface area contributed by atoms with Gasteiger partial charge in [-0.25, -0.2) is 13.1 Å². The molecule has 1 aromatic carbocycles. The summed E-state index contributed by atoms with van der Waals surface area (Å²) in [5.74, 6) is -1.00. The highest BCUT2D eigenvalue weighted by molar-refractivity contribution is 7.89. The van der Waals surface area contributed by atoms with Crippen molar-refractivity contribution in [3.63, 3.8) is 0 Å². The average Bonchev–Trinajstić information content (AvgIpc) is 2.73. The molecule has 0 saturated carbocycles. The van der Waals surface area contributed by atoms with Gasteiger partial charge in [-0.3, -0.25) is 14.4 Å². The molecule has 31 heavy (non-hydrogen) atoms. The molecule has 172 valence electrons. The second kappa shape index (κ2) is 11.4. The van der Waals surface area contributed by atoms with Crippen LogP contribution in [0.25, 0.3) is 0 Å². The lowest BCUT2D eigenvalue weighted by Gasteiger charge is -2.32. The molecule has 1 saturated heterocycles. The van der Waals surface area contributed by atoms with Gasteiger partial charge in [-0.15, -0.1) is 0 Å². The minimum atomic E-state index is -3.78. The number of rotatable bonds is 9. The first-order valence-corrected chi connectivity index (χ1v) is 11.9. The Morgan fingerprint density at radius 3 is 2.55 bits per heavy atom. The number of halogens is 1. The number of carbonyl (C=O) groups is 3. The van der Waals surface area contributed by atoms with Crippen molar-refractivity contribution in [3.05, 3.63) is 29.3 Å². The van der Waals surface area contributed by atoms with E-state index in [2.05, 4.69) is 4.72 Å². The zero-order valence-corrected chi connectivity index (χ0v) is 19.2. The number of hydrogen-bond acceptors (Lipinski definition) is 6. The highest BCUT2D eigenvalue weighted by Gasteiger charge is 2.29. The van der Waals surface area contributed by atoms with Gasteiger partial charge in [0.1, 0.15) is 0 Å². The predicted molar refractivity (Wildman–Crippen MR) is 115 cm³/mol. The van der Waals surface area contributed by atoms with Crippen LogP contribution in [0.15, 0.2) is 29.2 Å². The molecule has 1 aromatic rings. The van der Waals surface area contributed by atoms with E-state index in [4.69, 9.17) is 16.3 Å². The summed E-state index contributed by atoms with van der Waals surface area (Å²) in [7, 11) is -2.28. The number of piperidine rings is 1. The van der Waals surface area contributed by atoms with Crippen LogP contribution in [0.2, 0.25) is 5.02 Å². The van der Waals surface area contributed by atoms with Crippen molar-refractivity contribution in [1.82, 2.24) is 14.5 Å². The van der Waals surface area contributed by atoms with Gasteiger partial charge in [0, 0.05) is 38.1 Å². The van der Waals surface area contributed by atoms with Crippen LogP contribution in [0.4, 0.5) is 0 Å². The monoisotopic (exact) mass is 473 g/mol. The summed E-state index contributed by atoms with van der Waals surface area (Å²) in [6.45, 7) is 2.75. The number of likely N-dealkylation sites (tertiary alicyclic amines) is 1. The fourth-order valence-corrected chi connectivity index (χ4v) is 4.55. The molecule has 11 heteroatoms. The van der Waals surface area contributed by atoms with Gasteiger partial charge in [0.05, 0.1) is 24.0 Å². The Labute approximate surface area is 187 Å². The molecule has 0 aromatic heterocycles. The molecule has 1 aliphatic heterocycles. The summed E-state index contributed by atoms with van der Waals surface area (Å²) in [6.07, 6.45) is 0.982. The highest BCUT2D eigenvalue weighted by Crippen LogP contribution is 2.19. The Kier molecular flexibility index (Phi) is 9.27. The number of ether oxygens (including phenoxy) is 1. The molecular formula is C20H28ClN3O6S. The molecule has 0 aliphatic carbocycles. The normalized spacial score (nSPS) is 14.9. The number of esters is 1. The van der Waals surface area contributed by atoms with E-state index < -0.39 is 10.0 Å². The van der Waals surface area contributed by atoms with Crippen LogP contribution in [-0.4, -0.2) is 75.8 Å². The van der Waals surface area contributed by atoms with E-state index in [1.54, 1.807) is 17.9 Å². The van der Waals surface area contributed by atoms with Crippen molar-refractivity contribution in [1.29, 1.82) is 0 Å². The van der Waals surface area contributed by atoms with Crippen LogP contribution in [0.5, 0.6) is 0 Å². The van der Waals surface area contributed by atoms with Crippen molar-refractivity contribution >= 4 is 39.4 Å². The van der Waals surface area contributed by atoms with E-state index in [0.29, 0.717) is 37.6 Å². The van der Waals surface area contributed by atoms with Gasteiger partial charge in [0.25, 0.3) is 0 Å². The third-order valence-corrected chi connectivity index (χ3v) is 6.70. The van der Waals surface area contributed by atoms with Crippen LogP contribution < -0.4 is 4.72 Å². The number of amides is 2. The smallest absolute Gasteiger partial charge is 0.309 e. The number of sulfonamides is 1. The third-order valence-electron chi connectivity index (χ3n) is 5.00. The molecule has 2 rings (SSSR count). The first-order valence-electron chi connectivity index (χ1n) is 10.1. The second-order valence-corrected chi connectivity index (χ2v) is 9.47. The average molecular weight is 474 g/mol. The molecule has 1 N–H and O–H groups in total. The predicted octanol–water partition coefficient (Wildman–Crippen LogP) is 1.27. The van der Waals surface area contributed by atoms with Crippen molar-refractivity contribution < 1.29 is 27.5 Å². The van der Waals surface area contributed by atoms with Gasteiger partial charge in [0.2, 0.25) is 21.8 Å². The van der Waals surface area contributed by atoms with E-state index in [1.165, 1.54) is 30.1 Å². The minimum absolute atomic E-state index is 0.0159. The lowest BCUT2D eigenvalue weighted by Crippen LogP contribution is -2.46. The summed E-state index contributed by atoms with van der Waals surface area (Å²) >= 11 is 5.82. The molecule has 0 unspecified atom stereocenters. The van der Waals surface area contributed by atoms with Crippen LogP contribution in [0.3, 0.4) is 0 Å². The molecular weight excluding hydrogens is 446 g/mol. The SMILES string of the molecule is CCOC(=O)C1CCN(C(=O)CN(C)C(=O)CCNS(=O)(=O)c2cccc(Cl)c2)CC1. The maximum atomic E-state index is 12.5. The fraction of sp³-hybridized carbons (Fsp3) is 0.550. The van der Waals surface area contributed by atoms with E-state index >= 15 is 0 Å². The van der Waals surface area contributed by atoms with Crippen LogP contribution >= 0.6 is 11.6 Å².